The van der Waals surface area contributed by atoms with E-state index >= 15 is 0 Å². The molecule has 1 aromatic carbocycles. The van der Waals surface area contributed by atoms with Crippen molar-refractivity contribution in [3.63, 3.8) is 0 Å². The topological polar surface area (TPSA) is 55.1 Å². The van der Waals surface area contributed by atoms with Gasteiger partial charge in [-0.1, -0.05) is 13.0 Å². The fourth-order valence-electron chi connectivity index (χ4n) is 1.65. The number of rotatable bonds is 1. The Morgan fingerprint density at radius 1 is 1.54 bits per heavy atom. The second kappa shape index (κ2) is 2.76. The molecule has 0 radical (unpaired) electrons. The third kappa shape index (κ3) is 1.26. The van der Waals surface area contributed by atoms with Gasteiger partial charge in [-0.05, 0) is 23.6 Å². The lowest BCUT2D eigenvalue weighted by atomic mass is 10.1. The van der Waals surface area contributed by atoms with E-state index in [-0.39, 0.29) is 5.91 Å². The van der Waals surface area contributed by atoms with E-state index in [1.807, 2.05) is 12.1 Å². The highest BCUT2D eigenvalue weighted by molar-refractivity contribution is 6.02. The summed E-state index contributed by atoms with van der Waals surface area (Å²) in [5, 5.41) is 2.75. The molecule has 3 N–H and O–H groups in total. The molecule has 0 unspecified atom stereocenters. The quantitative estimate of drug-likeness (QED) is 0.634. The third-order valence-electron chi connectivity index (χ3n) is 2.33. The molecule has 0 spiro atoms. The average Bonchev–Trinajstić information content (AvgIpc) is 2.46. The number of nitrogens with two attached hydrogens (primary N) is 1. The van der Waals surface area contributed by atoms with E-state index in [4.69, 9.17) is 5.73 Å². The summed E-state index contributed by atoms with van der Waals surface area (Å²) in [5.41, 5.74) is 9.50. The molecule has 0 bridgehead atoms. The maximum absolute atomic E-state index is 11.1. The number of hydrogen-bond donors (Lipinski definition) is 2. The van der Waals surface area contributed by atoms with Gasteiger partial charge in [-0.2, -0.15) is 0 Å². The van der Waals surface area contributed by atoms with Gasteiger partial charge in [-0.3, -0.25) is 4.79 Å². The molecule has 2 rings (SSSR count). The molecule has 1 amide bonds. The molecule has 0 fully saturated rings. The molecule has 3 heteroatoms. The van der Waals surface area contributed by atoms with Crippen LogP contribution in [0.4, 0.5) is 11.4 Å². The number of amides is 1. The summed E-state index contributed by atoms with van der Waals surface area (Å²) in [7, 11) is 0. The highest BCUT2D eigenvalue weighted by atomic mass is 16.1. The molecule has 68 valence electrons. The van der Waals surface area contributed by atoms with E-state index < -0.39 is 0 Å². The maximum atomic E-state index is 11.1. The average molecular weight is 176 g/mol. The summed E-state index contributed by atoms with van der Waals surface area (Å²) in [5.74, 6) is 0.0370. The Morgan fingerprint density at radius 2 is 2.31 bits per heavy atom. The Balaban J connectivity index is 2.52. The van der Waals surface area contributed by atoms with Gasteiger partial charge in [0.05, 0.1) is 17.8 Å². The zero-order chi connectivity index (χ0) is 9.42. The minimum absolute atomic E-state index is 0.0370. The van der Waals surface area contributed by atoms with Crippen LogP contribution < -0.4 is 11.1 Å². The molecule has 13 heavy (non-hydrogen) atoms. The standard InChI is InChI=1S/C10H12N2O/c1-2-6-3-7-5-9(13)12-10(7)8(11)4-6/h3-4H,2,5,11H2,1H3,(H,12,13). The van der Waals surface area contributed by atoms with Gasteiger partial charge < -0.3 is 11.1 Å². The van der Waals surface area contributed by atoms with Crippen LogP contribution in [-0.2, 0) is 17.6 Å². The molecule has 1 aliphatic heterocycles. The highest BCUT2D eigenvalue weighted by Crippen LogP contribution is 2.30. The van der Waals surface area contributed by atoms with E-state index in [1.54, 1.807) is 0 Å². The Hall–Kier alpha value is -1.51. The zero-order valence-electron chi connectivity index (χ0n) is 7.55. The molecule has 1 aliphatic rings. The van der Waals surface area contributed by atoms with Crippen LogP contribution in [0, 0.1) is 0 Å². The minimum atomic E-state index is 0.0370. The van der Waals surface area contributed by atoms with Crippen LogP contribution >= 0.6 is 0 Å². The summed E-state index contributed by atoms with van der Waals surface area (Å²) in [6.07, 6.45) is 1.42. The number of carbonyl (C=O) groups is 1. The molecule has 0 aliphatic carbocycles. The zero-order valence-corrected chi connectivity index (χ0v) is 7.55. The summed E-state index contributed by atoms with van der Waals surface area (Å²) >= 11 is 0. The van der Waals surface area contributed by atoms with Gasteiger partial charge in [-0.25, -0.2) is 0 Å². The lowest BCUT2D eigenvalue weighted by molar-refractivity contribution is -0.115. The Labute approximate surface area is 76.9 Å². The van der Waals surface area contributed by atoms with Crippen LogP contribution in [-0.4, -0.2) is 5.91 Å². The smallest absolute Gasteiger partial charge is 0.228 e. The van der Waals surface area contributed by atoms with E-state index in [9.17, 15) is 4.79 Å². The lowest BCUT2D eigenvalue weighted by Gasteiger charge is -2.05. The van der Waals surface area contributed by atoms with Crippen molar-refractivity contribution in [3.8, 4) is 0 Å². The number of nitrogens with one attached hydrogen (secondary N) is 1. The van der Waals surface area contributed by atoms with Gasteiger partial charge in [0.1, 0.15) is 0 Å². The first kappa shape index (κ1) is 8.10. The molecule has 1 heterocycles. The number of carbonyl (C=O) groups excluding carboxylic acids is 1. The molecule has 0 aromatic heterocycles. The van der Waals surface area contributed by atoms with Gasteiger partial charge in [-0.15, -0.1) is 0 Å². The molecular weight excluding hydrogens is 164 g/mol. The monoisotopic (exact) mass is 176 g/mol. The van der Waals surface area contributed by atoms with Crippen molar-refractivity contribution in [2.75, 3.05) is 11.1 Å². The number of nitrogen functional groups attached to an aromatic ring is 1. The first-order valence-electron chi connectivity index (χ1n) is 4.42. The normalized spacial score (nSPS) is 14.1. The van der Waals surface area contributed by atoms with Gasteiger partial charge in [0.25, 0.3) is 0 Å². The number of fused-ring (bicyclic) bond motifs is 1. The molecule has 0 saturated heterocycles. The lowest BCUT2D eigenvalue weighted by Crippen LogP contribution is -2.04. The predicted molar refractivity (Wildman–Crippen MR) is 52.6 cm³/mol. The minimum Gasteiger partial charge on any atom is -0.397 e. The predicted octanol–water partition coefficient (Wildman–Crippen LogP) is 1.33. The second-order valence-electron chi connectivity index (χ2n) is 3.30. The largest absolute Gasteiger partial charge is 0.397 e. The first-order valence-corrected chi connectivity index (χ1v) is 4.42. The molecule has 0 atom stereocenters. The summed E-state index contributed by atoms with van der Waals surface area (Å²) in [4.78, 5) is 11.1. The second-order valence-corrected chi connectivity index (χ2v) is 3.30. The van der Waals surface area contributed by atoms with E-state index in [2.05, 4.69) is 12.2 Å². The molecule has 3 nitrogen and oxygen atoms in total. The SMILES string of the molecule is CCc1cc(N)c2c(c1)CC(=O)N2. The van der Waals surface area contributed by atoms with Crippen LogP contribution in [0.25, 0.3) is 0 Å². The van der Waals surface area contributed by atoms with E-state index in [0.29, 0.717) is 12.1 Å². The number of anilines is 2. The molecule has 1 aromatic rings. The Bertz CT molecular complexity index is 371. The summed E-state index contributed by atoms with van der Waals surface area (Å²) < 4.78 is 0. The van der Waals surface area contributed by atoms with Crippen LogP contribution in [0.2, 0.25) is 0 Å². The molecule has 0 saturated carbocycles. The Kier molecular flexibility index (Phi) is 1.72. The van der Waals surface area contributed by atoms with Gasteiger partial charge in [0.2, 0.25) is 5.91 Å². The van der Waals surface area contributed by atoms with Crippen LogP contribution in [0.1, 0.15) is 18.1 Å². The van der Waals surface area contributed by atoms with E-state index in [0.717, 1.165) is 17.7 Å². The number of aryl methyl sites for hydroxylation is 1. The van der Waals surface area contributed by atoms with Crippen molar-refractivity contribution in [3.05, 3.63) is 23.3 Å². The van der Waals surface area contributed by atoms with Crippen LogP contribution in [0.3, 0.4) is 0 Å². The van der Waals surface area contributed by atoms with Crippen molar-refractivity contribution >= 4 is 17.3 Å². The fraction of sp³-hybridized carbons (Fsp3) is 0.300. The molecular formula is C10H12N2O. The van der Waals surface area contributed by atoms with Gasteiger partial charge in [0.15, 0.2) is 0 Å². The van der Waals surface area contributed by atoms with Gasteiger partial charge >= 0.3 is 0 Å². The number of benzene rings is 1. The van der Waals surface area contributed by atoms with Crippen molar-refractivity contribution < 1.29 is 4.79 Å². The third-order valence-corrected chi connectivity index (χ3v) is 2.33. The fourth-order valence-corrected chi connectivity index (χ4v) is 1.65. The van der Waals surface area contributed by atoms with Crippen molar-refractivity contribution in [1.82, 2.24) is 0 Å². The number of hydrogen-bond acceptors (Lipinski definition) is 2. The summed E-state index contributed by atoms with van der Waals surface area (Å²) in [6.45, 7) is 2.07. The van der Waals surface area contributed by atoms with Crippen LogP contribution in [0.5, 0.6) is 0 Å². The Morgan fingerprint density at radius 3 is 3.00 bits per heavy atom. The van der Waals surface area contributed by atoms with Crippen molar-refractivity contribution in [1.29, 1.82) is 0 Å². The van der Waals surface area contributed by atoms with Gasteiger partial charge in [0, 0.05) is 0 Å². The highest BCUT2D eigenvalue weighted by Gasteiger charge is 2.19. The van der Waals surface area contributed by atoms with Crippen molar-refractivity contribution in [2.45, 2.75) is 19.8 Å². The first-order chi connectivity index (χ1) is 6.20. The van der Waals surface area contributed by atoms with E-state index in [1.165, 1.54) is 5.56 Å². The maximum Gasteiger partial charge on any atom is 0.228 e. The van der Waals surface area contributed by atoms with Crippen LogP contribution in [0.15, 0.2) is 12.1 Å². The summed E-state index contributed by atoms with van der Waals surface area (Å²) in [6, 6.07) is 3.97. The van der Waals surface area contributed by atoms with Crippen molar-refractivity contribution in [2.24, 2.45) is 0 Å².